The van der Waals surface area contributed by atoms with E-state index in [-0.39, 0.29) is 5.56 Å². The molecule has 3 aliphatic heterocycles. The maximum atomic E-state index is 12.3. The first-order chi connectivity index (χ1) is 14.7. The molecule has 0 radical (unpaired) electrons. The molecule has 2 aromatic heterocycles. The van der Waals surface area contributed by atoms with Crippen LogP contribution >= 0.6 is 0 Å². The molecular formula is C22H31N7O. The second-order valence-electron chi connectivity index (χ2n) is 8.84. The number of rotatable bonds is 5. The standard InChI is InChI=1S/C22H31N7O/c1-2-9-23-20-24-21(27-10-4-3-5-11-27)26-22(25-20)28-13-16-12-17(15-28)18-7-6-8-19(30)29(18)14-16/h6-8,16-17H,2-5,9-15H2,1H3,(H,23,24,25,26). The lowest BCUT2D eigenvalue weighted by Gasteiger charge is -2.42. The molecule has 0 aromatic carbocycles. The SMILES string of the molecule is CCCNc1nc(N2CCCCC2)nc(N2CC3CC(C2)c2cccc(=O)n2C3)n1. The molecule has 1 N–H and O–H groups in total. The summed E-state index contributed by atoms with van der Waals surface area (Å²) in [6.45, 7) is 7.53. The van der Waals surface area contributed by atoms with Crippen molar-refractivity contribution >= 4 is 17.8 Å². The molecule has 30 heavy (non-hydrogen) atoms. The summed E-state index contributed by atoms with van der Waals surface area (Å²) in [7, 11) is 0. The molecule has 2 saturated heterocycles. The Kier molecular flexibility index (Phi) is 5.31. The van der Waals surface area contributed by atoms with Crippen molar-refractivity contribution < 1.29 is 0 Å². The summed E-state index contributed by atoms with van der Waals surface area (Å²) in [5.41, 5.74) is 1.27. The zero-order valence-electron chi connectivity index (χ0n) is 17.8. The Morgan fingerprint density at radius 3 is 2.60 bits per heavy atom. The Morgan fingerprint density at radius 2 is 1.80 bits per heavy atom. The highest BCUT2D eigenvalue weighted by molar-refractivity contribution is 5.46. The van der Waals surface area contributed by atoms with Gasteiger partial charge in [0.2, 0.25) is 17.8 Å². The lowest BCUT2D eigenvalue weighted by Crippen LogP contribution is -2.47. The second-order valence-corrected chi connectivity index (χ2v) is 8.84. The van der Waals surface area contributed by atoms with Crippen LogP contribution < -0.4 is 20.7 Å². The van der Waals surface area contributed by atoms with Crippen LogP contribution in [0.2, 0.25) is 0 Å². The summed E-state index contributed by atoms with van der Waals surface area (Å²) < 4.78 is 1.97. The van der Waals surface area contributed by atoms with E-state index in [1.807, 2.05) is 10.6 Å². The molecule has 2 fully saturated rings. The summed E-state index contributed by atoms with van der Waals surface area (Å²) >= 11 is 0. The fourth-order valence-corrected chi connectivity index (χ4v) is 5.11. The molecule has 3 aliphatic rings. The number of piperidine rings is 2. The van der Waals surface area contributed by atoms with E-state index in [0.29, 0.717) is 17.8 Å². The van der Waals surface area contributed by atoms with Gasteiger partial charge in [0.1, 0.15) is 0 Å². The molecule has 160 valence electrons. The molecular weight excluding hydrogens is 378 g/mol. The highest BCUT2D eigenvalue weighted by Crippen LogP contribution is 2.36. The lowest BCUT2D eigenvalue weighted by molar-refractivity contribution is 0.279. The van der Waals surface area contributed by atoms with Gasteiger partial charge < -0.3 is 19.7 Å². The van der Waals surface area contributed by atoms with Gasteiger partial charge in [-0.15, -0.1) is 0 Å². The van der Waals surface area contributed by atoms with Gasteiger partial charge in [-0.2, -0.15) is 15.0 Å². The van der Waals surface area contributed by atoms with Crippen molar-refractivity contribution in [1.29, 1.82) is 0 Å². The molecule has 0 amide bonds. The first-order valence-corrected chi connectivity index (χ1v) is 11.4. The molecule has 8 heteroatoms. The minimum absolute atomic E-state index is 0.120. The van der Waals surface area contributed by atoms with E-state index in [1.165, 1.54) is 19.3 Å². The van der Waals surface area contributed by atoms with Crippen molar-refractivity contribution in [1.82, 2.24) is 19.5 Å². The van der Waals surface area contributed by atoms with Gasteiger partial charge in [0.15, 0.2) is 0 Å². The van der Waals surface area contributed by atoms with Crippen molar-refractivity contribution in [2.75, 3.05) is 47.8 Å². The van der Waals surface area contributed by atoms with Gasteiger partial charge in [-0.1, -0.05) is 13.0 Å². The molecule has 2 unspecified atom stereocenters. The normalized spacial score (nSPS) is 23.2. The van der Waals surface area contributed by atoms with E-state index in [2.05, 4.69) is 28.1 Å². The predicted octanol–water partition coefficient (Wildman–Crippen LogP) is 2.47. The van der Waals surface area contributed by atoms with Crippen molar-refractivity contribution in [2.45, 2.75) is 51.5 Å². The minimum atomic E-state index is 0.120. The third kappa shape index (κ3) is 3.75. The number of pyridine rings is 1. The summed E-state index contributed by atoms with van der Waals surface area (Å²) in [6.07, 6.45) is 5.82. The number of anilines is 3. The zero-order valence-corrected chi connectivity index (χ0v) is 17.8. The Bertz CT molecular complexity index is 953. The molecule has 2 aromatic rings. The van der Waals surface area contributed by atoms with Gasteiger partial charge in [0.05, 0.1) is 0 Å². The topological polar surface area (TPSA) is 79.2 Å². The van der Waals surface area contributed by atoms with Gasteiger partial charge >= 0.3 is 0 Å². The number of nitrogens with zero attached hydrogens (tertiary/aromatic N) is 6. The first-order valence-electron chi connectivity index (χ1n) is 11.4. The van der Waals surface area contributed by atoms with E-state index in [1.54, 1.807) is 6.07 Å². The number of nitrogens with one attached hydrogen (secondary N) is 1. The van der Waals surface area contributed by atoms with E-state index in [0.717, 1.165) is 69.7 Å². The Hall–Kier alpha value is -2.64. The third-order valence-corrected chi connectivity index (χ3v) is 6.55. The van der Waals surface area contributed by atoms with Crippen molar-refractivity contribution in [3.63, 3.8) is 0 Å². The summed E-state index contributed by atoms with van der Waals surface area (Å²) in [5.74, 6) is 3.03. The maximum Gasteiger partial charge on any atom is 0.250 e. The number of hydrogen-bond donors (Lipinski definition) is 1. The molecule has 8 nitrogen and oxygen atoms in total. The smallest absolute Gasteiger partial charge is 0.250 e. The summed E-state index contributed by atoms with van der Waals surface area (Å²) in [5, 5.41) is 3.37. The Balaban J connectivity index is 1.45. The van der Waals surface area contributed by atoms with Crippen LogP contribution in [0.5, 0.6) is 0 Å². The Morgan fingerprint density at radius 1 is 1.00 bits per heavy atom. The van der Waals surface area contributed by atoms with Gasteiger partial charge in [-0.25, -0.2) is 0 Å². The fourth-order valence-electron chi connectivity index (χ4n) is 5.11. The van der Waals surface area contributed by atoms with Crippen LogP contribution in [0.15, 0.2) is 23.0 Å². The third-order valence-electron chi connectivity index (χ3n) is 6.55. The lowest BCUT2D eigenvalue weighted by atomic mass is 9.83. The van der Waals surface area contributed by atoms with Crippen LogP contribution in [0.25, 0.3) is 0 Å². The molecule has 0 saturated carbocycles. The molecule has 0 spiro atoms. The molecule has 5 rings (SSSR count). The van der Waals surface area contributed by atoms with Crippen molar-refractivity contribution in [3.05, 3.63) is 34.2 Å². The van der Waals surface area contributed by atoms with Gasteiger partial charge in [-0.3, -0.25) is 4.79 Å². The highest BCUT2D eigenvalue weighted by atomic mass is 16.1. The average molecular weight is 410 g/mol. The first kappa shape index (κ1) is 19.3. The monoisotopic (exact) mass is 409 g/mol. The van der Waals surface area contributed by atoms with Crippen LogP contribution in [-0.2, 0) is 6.54 Å². The van der Waals surface area contributed by atoms with E-state index >= 15 is 0 Å². The predicted molar refractivity (Wildman–Crippen MR) is 118 cm³/mol. The fraction of sp³-hybridized carbons (Fsp3) is 0.636. The van der Waals surface area contributed by atoms with E-state index < -0.39 is 0 Å². The number of hydrogen-bond acceptors (Lipinski definition) is 7. The second kappa shape index (κ2) is 8.24. The summed E-state index contributed by atoms with van der Waals surface area (Å²) in [6, 6.07) is 5.66. The quantitative estimate of drug-likeness (QED) is 0.813. The molecule has 0 aliphatic carbocycles. The largest absolute Gasteiger partial charge is 0.354 e. The van der Waals surface area contributed by atoms with Crippen LogP contribution in [0, 0.1) is 5.92 Å². The van der Waals surface area contributed by atoms with Gasteiger partial charge in [0.25, 0.3) is 5.56 Å². The van der Waals surface area contributed by atoms with Crippen LogP contribution in [0.3, 0.4) is 0 Å². The number of aromatic nitrogens is 4. The molecule has 2 atom stereocenters. The zero-order chi connectivity index (χ0) is 20.5. The average Bonchev–Trinajstić information content (AvgIpc) is 2.79. The van der Waals surface area contributed by atoms with Crippen LogP contribution in [-0.4, -0.2) is 52.2 Å². The Labute approximate surface area is 177 Å². The summed E-state index contributed by atoms with van der Waals surface area (Å²) in [4.78, 5) is 31.4. The van der Waals surface area contributed by atoms with Crippen LogP contribution in [0.4, 0.5) is 17.8 Å². The van der Waals surface area contributed by atoms with Crippen molar-refractivity contribution in [2.24, 2.45) is 5.92 Å². The highest BCUT2D eigenvalue weighted by Gasteiger charge is 2.35. The molecule has 5 heterocycles. The van der Waals surface area contributed by atoms with Crippen molar-refractivity contribution in [3.8, 4) is 0 Å². The van der Waals surface area contributed by atoms with E-state index in [4.69, 9.17) is 15.0 Å². The van der Waals surface area contributed by atoms with Gasteiger partial charge in [0, 0.05) is 56.9 Å². The van der Waals surface area contributed by atoms with Gasteiger partial charge in [-0.05, 0) is 44.1 Å². The molecule has 2 bridgehead atoms. The van der Waals surface area contributed by atoms with E-state index in [9.17, 15) is 4.79 Å². The number of fused-ring (bicyclic) bond motifs is 4. The maximum absolute atomic E-state index is 12.3. The van der Waals surface area contributed by atoms with Crippen LogP contribution in [0.1, 0.15) is 50.6 Å². The minimum Gasteiger partial charge on any atom is -0.354 e.